The molecule has 4 nitrogen and oxygen atoms in total. The Morgan fingerprint density at radius 1 is 1.10 bits per heavy atom. The summed E-state index contributed by atoms with van der Waals surface area (Å²) in [5, 5.41) is 22.3. The third-order valence-corrected chi connectivity index (χ3v) is 3.84. The summed E-state index contributed by atoms with van der Waals surface area (Å²) >= 11 is 0. The van der Waals surface area contributed by atoms with E-state index in [0.717, 1.165) is 10.8 Å². The molecule has 0 aliphatic carbocycles. The van der Waals surface area contributed by atoms with Crippen molar-refractivity contribution in [3.05, 3.63) is 36.7 Å². The molecule has 1 heterocycles. The SMILES string of the molecule is CC(C)(O)C(C)(C)OB(O)c1cncc2ccccc12. The monoisotopic (exact) mass is 273 g/mol. The first-order valence-corrected chi connectivity index (χ1v) is 6.63. The van der Waals surface area contributed by atoms with Crippen LogP contribution < -0.4 is 5.46 Å². The number of aromatic nitrogens is 1. The van der Waals surface area contributed by atoms with Gasteiger partial charge < -0.3 is 14.8 Å². The van der Waals surface area contributed by atoms with Gasteiger partial charge in [-0.2, -0.15) is 0 Å². The smallest absolute Gasteiger partial charge is 0.423 e. The summed E-state index contributed by atoms with van der Waals surface area (Å²) in [5.41, 5.74) is -1.38. The molecular weight excluding hydrogens is 253 g/mol. The molecule has 0 radical (unpaired) electrons. The van der Waals surface area contributed by atoms with Crippen LogP contribution >= 0.6 is 0 Å². The average molecular weight is 273 g/mol. The number of rotatable bonds is 4. The Bertz CT molecular complexity index is 602. The molecule has 5 heteroatoms. The standard InChI is InChI=1S/C15H20BNO3/c1-14(2,18)15(3,4)20-16(19)13-10-17-9-11-7-5-6-8-12(11)13/h5-10,18-19H,1-4H3. The van der Waals surface area contributed by atoms with E-state index in [1.165, 1.54) is 0 Å². The Labute approximate surface area is 119 Å². The summed E-state index contributed by atoms with van der Waals surface area (Å²) in [7, 11) is -1.14. The van der Waals surface area contributed by atoms with Gasteiger partial charge in [-0.05, 0) is 38.5 Å². The van der Waals surface area contributed by atoms with E-state index < -0.39 is 18.3 Å². The third-order valence-electron chi connectivity index (χ3n) is 3.84. The van der Waals surface area contributed by atoms with E-state index in [0.29, 0.717) is 5.46 Å². The van der Waals surface area contributed by atoms with E-state index in [-0.39, 0.29) is 0 Å². The first-order valence-electron chi connectivity index (χ1n) is 6.63. The number of hydrogen-bond donors (Lipinski definition) is 2. The minimum atomic E-state index is -1.14. The van der Waals surface area contributed by atoms with Gasteiger partial charge in [0.15, 0.2) is 0 Å². The second-order valence-corrected chi connectivity index (χ2v) is 5.99. The van der Waals surface area contributed by atoms with Gasteiger partial charge >= 0.3 is 7.12 Å². The lowest BCUT2D eigenvalue weighted by Crippen LogP contribution is -2.53. The summed E-state index contributed by atoms with van der Waals surface area (Å²) in [6.07, 6.45) is 3.33. The van der Waals surface area contributed by atoms with Crippen LogP contribution in [0.4, 0.5) is 0 Å². The number of pyridine rings is 1. The molecule has 0 saturated heterocycles. The van der Waals surface area contributed by atoms with E-state index >= 15 is 0 Å². The molecule has 1 aromatic heterocycles. The van der Waals surface area contributed by atoms with Gasteiger partial charge in [-0.1, -0.05) is 24.3 Å². The lowest BCUT2D eigenvalue weighted by Gasteiger charge is -2.38. The van der Waals surface area contributed by atoms with E-state index in [9.17, 15) is 10.1 Å². The van der Waals surface area contributed by atoms with Crippen molar-refractivity contribution in [3.8, 4) is 0 Å². The van der Waals surface area contributed by atoms with Gasteiger partial charge in [0.25, 0.3) is 0 Å². The predicted octanol–water partition coefficient (Wildman–Crippen LogP) is 1.49. The van der Waals surface area contributed by atoms with Crippen molar-refractivity contribution in [2.45, 2.75) is 38.9 Å². The molecule has 20 heavy (non-hydrogen) atoms. The van der Waals surface area contributed by atoms with Gasteiger partial charge in [-0.25, -0.2) is 0 Å². The van der Waals surface area contributed by atoms with Crippen molar-refractivity contribution in [1.82, 2.24) is 4.98 Å². The molecule has 0 fully saturated rings. The second-order valence-electron chi connectivity index (χ2n) is 5.99. The lowest BCUT2D eigenvalue weighted by atomic mass is 9.75. The van der Waals surface area contributed by atoms with Crippen molar-refractivity contribution >= 4 is 23.4 Å². The molecule has 2 aromatic rings. The average Bonchev–Trinajstić information content (AvgIpc) is 2.36. The summed E-state index contributed by atoms with van der Waals surface area (Å²) in [4.78, 5) is 4.12. The molecule has 2 N–H and O–H groups in total. The van der Waals surface area contributed by atoms with E-state index in [4.69, 9.17) is 4.65 Å². The van der Waals surface area contributed by atoms with Gasteiger partial charge in [0.1, 0.15) is 0 Å². The largest absolute Gasteiger partial charge is 0.493 e. The van der Waals surface area contributed by atoms with Crippen LogP contribution in [-0.2, 0) is 4.65 Å². The van der Waals surface area contributed by atoms with Gasteiger partial charge in [-0.3, -0.25) is 4.98 Å². The third kappa shape index (κ3) is 2.85. The van der Waals surface area contributed by atoms with E-state index in [1.807, 2.05) is 24.3 Å². The van der Waals surface area contributed by atoms with Crippen molar-refractivity contribution in [1.29, 1.82) is 0 Å². The quantitative estimate of drug-likeness (QED) is 0.828. The Hall–Kier alpha value is -1.43. The highest BCUT2D eigenvalue weighted by molar-refractivity contribution is 6.63. The first-order chi connectivity index (χ1) is 9.22. The molecule has 0 unspecified atom stereocenters. The highest BCUT2D eigenvalue weighted by Crippen LogP contribution is 2.25. The van der Waals surface area contributed by atoms with Crippen LogP contribution in [0, 0.1) is 0 Å². The molecule has 2 rings (SSSR count). The molecule has 106 valence electrons. The Morgan fingerprint density at radius 3 is 2.40 bits per heavy atom. The van der Waals surface area contributed by atoms with E-state index in [2.05, 4.69) is 4.98 Å². The van der Waals surface area contributed by atoms with Crippen LogP contribution in [0.15, 0.2) is 36.7 Å². The first kappa shape index (κ1) is 15.0. The van der Waals surface area contributed by atoms with Crippen molar-refractivity contribution < 1.29 is 14.8 Å². The number of benzene rings is 1. The molecule has 0 aliphatic rings. The summed E-state index contributed by atoms with van der Waals surface area (Å²) < 4.78 is 5.66. The van der Waals surface area contributed by atoms with Crippen LogP contribution in [0.25, 0.3) is 10.8 Å². The number of fused-ring (bicyclic) bond motifs is 1. The van der Waals surface area contributed by atoms with Gasteiger partial charge in [-0.15, -0.1) is 0 Å². The summed E-state index contributed by atoms with van der Waals surface area (Å²) in [6, 6.07) is 7.66. The number of hydrogen-bond acceptors (Lipinski definition) is 4. The minimum Gasteiger partial charge on any atom is -0.423 e. The maximum absolute atomic E-state index is 10.3. The fourth-order valence-corrected chi connectivity index (χ4v) is 1.82. The predicted molar refractivity (Wildman–Crippen MR) is 80.8 cm³/mol. The Kier molecular flexibility index (Phi) is 3.87. The summed E-state index contributed by atoms with van der Waals surface area (Å²) in [6.45, 7) is 6.80. The summed E-state index contributed by atoms with van der Waals surface area (Å²) in [5.74, 6) is 0. The molecule has 0 spiro atoms. The molecule has 0 aliphatic heterocycles. The van der Waals surface area contributed by atoms with Gasteiger partial charge in [0.2, 0.25) is 0 Å². The number of aliphatic hydroxyl groups is 1. The Balaban J connectivity index is 2.35. The number of nitrogens with zero attached hydrogens (tertiary/aromatic N) is 1. The fraction of sp³-hybridized carbons (Fsp3) is 0.400. The molecule has 0 amide bonds. The van der Waals surface area contributed by atoms with Crippen LogP contribution in [0.3, 0.4) is 0 Å². The highest BCUT2D eigenvalue weighted by Gasteiger charge is 2.39. The Morgan fingerprint density at radius 2 is 1.75 bits per heavy atom. The van der Waals surface area contributed by atoms with Crippen LogP contribution in [0.1, 0.15) is 27.7 Å². The molecule has 1 aromatic carbocycles. The van der Waals surface area contributed by atoms with Crippen LogP contribution in [-0.4, -0.2) is 33.4 Å². The van der Waals surface area contributed by atoms with Gasteiger partial charge in [0.05, 0.1) is 11.2 Å². The zero-order valence-electron chi connectivity index (χ0n) is 12.3. The molecular formula is C15H20BNO3. The second kappa shape index (κ2) is 5.16. The maximum Gasteiger partial charge on any atom is 0.493 e. The van der Waals surface area contributed by atoms with Crippen molar-refractivity contribution in [3.63, 3.8) is 0 Å². The van der Waals surface area contributed by atoms with Gasteiger partial charge in [0, 0.05) is 17.9 Å². The fourth-order valence-electron chi connectivity index (χ4n) is 1.82. The van der Waals surface area contributed by atoms with Crippen molar-refractivity contribution in [2.75, 3.05) is 0 Å². The van der Waals surface area contributed by atoms with Crippen LogP contribution in [0.2, 0.25) is 0 Å². The van der Waals surface area contributed by atoms with E-state index in [1.54, 1.807) is 40.1 Å². The topological polar surface area (TPSA) is 62.6 Å². The lowest BCUT2D eigenvalue weighted by molar-refractivity contribution is -0.0982. The molecule has 0 atom stereocenters. The highest BCUT2D eigenvalue weighted by atomic mass is 16.5. The zero-order valence-corrected chi connectivity index (χ0v) is 12.3. The molecule has 0 saturated carbocycles. The molecule has 0 bridgehead atoms. The van der Waals surface area contributed by atoms with Crippen LogP contribution in [0.5, 0.6) is 0 Å². The van der Waals surface area contributed by atoms with Crippen molar-refractivity contribution in [2.24, 2.45) is 0 Å². The minimum absolute atomic E-state index is 0.598. The maximum atomic E-state index is 10.3. The zero-order chi connectivity index (χ0) is 15.0. The normalized spacial score (nSPS) is 12.7.